The van der Waals surface area contributed by atoms with Crippen LogP contribution in [0.25, 0.3) is 5.76 Å². The topological polar surface area (TPSA) is 89.0 Å². The van der Waals surface area contributed by atoms with Crippen molar-refractivity contribution in [2.24, 2.45) is 0 Å². The Morgan fingerprint density at radius 2 is 2.07 bits per heavy atom. The number of halogens is 1. The molecule has 0 bridgehead atoms. The van der Waals surface area contributed by atoms with Gasteiger partial charge in [0, 0.05) is 24.0 Å². The van der Waals surface area contributed by atoms with Crippen LogP contribution in [-0.4, -0.2) is 53.0 Å². The zero-order valence-electron chi connectivity index (χ0n) is 17.0. The first-order chi connectivity index (χ1) is 14.3. The van der Waals surface area contributed by atoms with Crippen molar-refractivity contribution in [2.75, 3.05) is 20.3 Å². The first-order valence-corrected chi connectivity index (χ1v) is 9.86. The van der Waals surface area contributed by atoms with Crippen LogP contribution in [0.2, 0.25) is 5.02 Å². The quantitative estimate of drug-likeness (QED) is 0.410. The number of benzene rings is 1. The maximum atomic E-state index is 13.0. The molecule has 158 valence electrons. The highest BCUT2D eigenvalue weighted by Gasteiger charge is 2.46. The summed E-state index contributed by atoms with van der Waals surface area (Å²) in [5.74, 6) is -1.52. The van der Waals surface area contributed by atoms with Gasteiger partial charge in [-0.1, -0.05) is 17.7 Å². The minimum atomic E-state index is -0.807. The molecule has 1 N–H and O–H groups in total. The van der Waals surface area contributed by atoms with Gasteiger partial charge in [0.15, 0.2) is 0 Å². The first-order valence-electron chi connectivity index (χ1n) is 9.49. The number of carbonyl (C=O) groups is 2. The fraction of sp³-hybridized carbons (Fsp3) is 0.318. The fourth-order valence-corrected chi connectivity index (χ4v) is 3.56. The molecule has 1 fully saturated rings. The molecule has 1 aromatic carbocycles. The molecule has 2 aromatic rings. The SMILES string of the molecule is COc1ccc(Cl)cc1/C(O)=C1\C(=O)C(=O)N(CCOC(C)C)C1c1cccnc1. The van der Waals surface area contributed by atoms with Gasteiger partial charge in [0.2, 0.25) is 0 Å². The van der Waals surface area contributed by atoms with Crippen LogP contribution >= 0.6 is 11.6 Å². The lowest BCUT2D eigenvalue weighted by atomic mass is 9.96. The average molecular weight is 431 g/mol. The molecule has 7 nitrogen and oxygen atoms in total. The van der Waals surface area contributed by atoms with Gasteiger partial charge in [-0.2, -0.15) is 0 Å². The summed E-state index contributed by atoms with van der Waals surface area (Å²) in [6, 6.07) is 7.34. The molecule has 0 spiro atoms. The third kappa shape index (κ3) is 4.32. The van der Waals surface area contributed by atoms with Crippen LogP contribution in [0.5, 0.6) is 5.75 Å². The summed E-state index contributed by atoms with van der Waals surface area (Å²) in [4.78, 5) is 31.3. The van der Waals surface area contributed by atoms with Gasteiger partial charge in [-0.05, 0) is 43.7 Å². The van der Waals surface area contributed by atoms with E-state index in [-0.39, 0.29) is 36.2 Å². The average Bonchev–Trinajstić information content (AvgIpc) is 2.98. The monoisotopic (exact) mass is 430 g/mol. The number of likely N-dealkylation sites (tertiary alicyclic amines) is 1. The van der Waals surface area contributed by atoms with Crippen molar-refractivity contribution in [2.45, 2.75) is 26.0 Å². The second-order valence-corrected chi connectivity index (χ2v) is 7.48. The van der Waals surface area contributed by atoms with E-state index in [2.05, 4.69) is 4.98 Å². The number of hydrogen-bond donors (Lipinski definition) is 1. The Balaban J connectivity index is 2.13. The van der Waals surface area contributed by atoms with Crippen LogP contribution in [0.3, 0.4) is 0 Å². The van der Waals surface area contributed by atoms with Crippen molar-refractivity contribution in [3.05, 3.63) is 64.4 Å². The summed E-state index contributed by atoms with van der Waals surface area (Å²) >= 11 is 6.09. The number of aliphatic hydroxyl groups excluding tert-OH is 1. The van der Waals surface area contributed by atoms with E-state index in [0.717, 1.165) is 0 Å². The minimum absolute atomic E-state index is 0.0191. The summed E-state index contributed by atoms with van der Waals surface area (Å²) in [6.45, 7) is 4.21. The second kappa shape index (κ2) is 9.28. The van der Waals surface area contributed by atoms with Crippen LogP contribution in [0.4, 0.5) is 0 Å². The number of pyridine rings is 1. The Morgan fingerprint density at radius 1 is 1.30 bits per heavy atom. The molecule has 2 heterocycles. The van der Waals surface area contributed by atoms with Crippen molar-refractivity contribution < 1.29 is 24.2 Å². The number of nitrogens with zero attached hydrogens (tertiary/aromatic N) is 2. The fourth-order valence-electron chi connectivity index (χ4n) is 3.39. The van der Waals surface area contributed by atoms with E-state index in [4.69, 9.17) is 21.1 Å². The molecule has 0 aliphatic carbocycles. The Morgan fingerprint density at radius 3 is 2.70 bits per heavy atom. The number of rotatable bonds is 7. The summed E-state index contributed by atoms with van der Waals surface area (Å²) in [7, 11) is 1.44. The normalized spacial score (nSPS) is 18.3. The maximum absolute atomic E-state index is 13.0. The smallest absolute Gasteiger partial charge is 0.295 e. The van der Waals surface area contributed by atoms with Crippen molar-refractivity contribution in [1.29, 1.82) is 0 Å². The Kier molecular flexibility index (Phi) is 6.74. The molecule has 1 aliphatic heterocycles. The van der Waals surface area contributed by atoms with Crippen LogP contribution in [0.15, 0.2) is 48.3 Å². The van der Waals surface area contributed by atoms with Crippen LogP contribution in [-0.2, 0) is 14.3 Å². The lowest BCUT2D eigenvalue weighted by molar-refractivity contribution is -0.140. The summed E-state index contributed by atoms with van der Waals surface area (Å²) in [6.07, 6.45) is 3.14. The molecule has 0 saturated carbocycles. The highest BCUT2D eigenvalue weighted by molar-refractivity contribution is 6.46. The van der Waals surface area contributed by atoms with Crippen LogP contribution in [0, 0.1) is 0 Å². The molecule has 1 saturated heterocycles. The molecule has 1 amide bonds. The van der Waals surface area contributed by atoms with Gasteiger partial charge in [-0.15, -0.1) is 0 Å². The lowest BCUT2D eigenvalue weighted by Gasteiger charge is -2.25. The van der Waals surface area contributed by atoms with E-state index in [1.54, 1.807) is 36.7 Å². The number of methoxy groups -OCH3 is 1. The number of aliphatic hydroxyl groups is 1. The number of hydrogen-bond acceptors (Lipinski definition) is 6. The molecule has 1 atom stereocenters. The van der Waals surface area contributed by atoms with Crippen LogP contribution in [0.1, 0.15) is 31.0 Å². The zero-order valence-corrected chi connectivity index (χ0v) is 17.7. The summed E-state index contributed by atoms with van der Waals surface area (Å²) < 4.78 is 10.9. The number of aromatic nitrogens is 1. The van der Waals surface area contributed by atoms with E-state index >= 15 is 0 Å². The van der Waals surface area contributed by atoms with Crippen molar-refractivity contribution in [3.63, 3.8) is 0 Å². The lowest BCUT2D eigenvalue weighted by Crippen LogP contribution is -2.33. The van der Waals surface area contributed by atoms with E-state index in [9.17, 15) is 14.7 Å². The highest BCUT2D eigenvalue weighted by atomic mass is 35.5. The largest absolute Gasteiger partial charge is 0.507 e. The van der Waals surface area contributed by atoms with Gasteiger partial charge in [0.1, 0.15) is 11.5 Å². The van der Waals surface area contributed by atoms with Gasteiger partial charge in [0.05, 0.1) is 37.0 Å². The molecular weight excluding hydrogens is 408 g/mol. The molecule has 3 rings (SSSR count). The Hall–Kier alpha value is -2.90. The standard InChI is InChI=1S/C22H23ClN2O5/c1-13(2)30-10-9-25-19(14-5-4-8-24-12-14)18(21(27)22(25)28)20(26)16-11-15(23)6-7-17(16)29-3/h4-8,11-13,19,26H,9-10H2,1-3H3/b20-18+. The van der Waals surface area contributed by atoms with Crippen molar-refractivity contribution in [1.82, 2.24) is 9.88 Å². The van der Waals surface area contributed by atoms with Crippen molar-refractivity contribution in [3.8, 4) is 5.75 Å². The third-order valence-electron chi connectivity index (χ3n) is 4.74. The predicted molar refractivity (Wildman–Crippen MR) is 112 cm³/mol. The first kappa shape index (κ1) is 21.8. The summed E-state index contributed by atoms with van der Waals surface area (Å²) in [5.41, 5.74) is 0.789. The Labute approximate surface area is 179 Å². The summed E-state index contributed by atoms with van der Waals surface area (Å²) in [5, 5.41) is 11.5. The highest BCUT2D eigenvalue weighted by Crippen LogP contribution is 2.41. The second-order valence-electron chi connectivity index (χ2n) is 7.04. The zero-order chi connectivity index (χ0) is 21.8. The number of ketones is 1. The third-order valence-corrected chi connectivity index (χ3v) is 4.98. The van der Waals surface area contributed by atoms with Gasteiger partial charge >= 0.3 is 0 Å². The Bertz CT molecular complexity index is 975. The molecule has 1 aromatic heterocycles. The van der Waals surface area contributed by atoms with Gasteiger partial charge in [0.25, 0.3) is 11.7 Å². The molecule has 30 heavy (non-hydrogen) atoms. The minimum Gasteiger partial charge on any atom is -0.507 e. The number of amides is 1. The van der Waals surface area contributed by atoms with E-state index in [1.165, 1.54) is 18.1 Å². The molecule has 8 heteroatoms. The maximum Gasteiger partial charge on any atom is 0.295 e. The van der Waals surface area contributed by atoms with E-state index in [1.807, 2.05) is 13.8 Å². The van der Waals surface area contributed by atoms with Crippen molar-refractivity contribution >= 4 is 29.1 Å². The van der Waals surface area contributed by atoms with Crippen LogP contribution < -0.4 is 4.74 Å². The molecule has 0 radical (unpaired) electrons. The molecule has 1 aliphatic rings. The molecule has 1 unspecified atom stereocenters. The predicted octanol–water partition coefficient (Wildman–Crippen LogP) is 3.59. The van der Waals surface area contributed by atoms with Gasteiger partial charge in [-0.25, -0.2) is 0 Å². The van der Waals surface area contributed by atoms with E-state index < -0.39 is 17.7 Å². The van der Waals surface area contributed by atoms with E-state index in [0.29, 0.717) is 16.3 Å². The van der Waals surface area contributed by atoms with Gasteiger partial charge in [-0.3, -0.25) is 14.6 Å². The van der Waals surface area contributed by atoms with Gasteiger partial charge < -0.3 is 19.5 Å². The number of ether oxygens (including phenoxy) is 2. The molecular formula is C22H23ClN2O5. The number of Topliss-reactive ketones (excluding diaryl/α,β-unsaturated/α-hetero) is 1. The number of carbonyl (C=O) groups excluding carboxylic acids is 2.